The molecule has 1 atom stereocenters. The molecule has 7 rings (SSSR count). The lowest BCUT2D eigenvalue weighted by Crippen LogP contribution is -2.38. The Labute approximate surface area is 268 Å². The maximum absolute atomic E-state index is 14.1. The highest BCUT2D eigenvalue weighted by molar-refractivity contribution is 9.11. The fourth-order valence-electron chi connectivity index (χ4n) is 5.65. The van der Waals surface area contributed by atoms with Crippen LogP contribution in [0.2, 0.25) is 5.02 Å². The first kappa shape index (κ1) is 27.6. The number of fused-ring (bicyclic) bond motifs is 3. The van der Waals surface area contributed by atoms with E-state index in [1.165, 1.54) is 22.5 Å². The molecule has 5 aromatic rings. The van der Waals surface area contributed by atoms with E-state index in [-0.39, 0.29) is 11.6 Å². The highest BCUT2D eigenvalue weighted by Gasteiger charge is 2.32. The van der Waals surface area contributed by atoms with Gasteiger partial charge in [0, 0.05) is 10.6 Å². The molecule has 1 aliphatic carbocycles. The number of ether oxygens (including phenoxy) is 1. The van der Waals surface area contributed by atoms with Crippen LogP contribution >= 0.6 is 54.8 Å². The summed E-state index contributed by atoms with van der Waals surface area (Å²) in [7, 11) is 0. The fourth-order valence-corrected chi connectivity index (χ4v) is 8.23. The Morgan fingerprint density at radius 2 is 1.67 bits per heavy atom. The number of nitrogens with zero attached hydrogens (tertiary/aromatic N) is 2. The Morgan fingerprint density at radius 3 is 2.43 bits per heavy atom. The molecule has 0 amide bonds. The molecule has 4 nitrogen and oxygen atoms in total. The number of hydrogen-bond acceptors (Lipinski definition) is 4. The highest BCUT2D eigenvalue weighted by Crippen LogP contribution is 2.41. The molecule has 0 unspecified atom stereocenters. The van der Waals surface area contributed by atoms with Crippen molar-refractivity contribution in [1.29, 1.82) is 0 Å². The number of allylic oxidation sites excluding steroid dienone is 1. The summed E-state index contributed by atoms with van der Waals surface area (Å²) in [6.45, 7) is 0.453. The van der Waals surface area contributed by atoms with Crippen molar-refractivity contribution in [3.63, 3.8) is 0 Å². The molecule has 0 bridgehead atoms. The van der Waals surface area contributed by atoms with Crippen LogP contribution in [0.25, 0.3) is 11.8 Å². The van der Waals surface area contributed by atoms with Crippen LogP contribution in [0.5, 0.6) is 5.75 Å². The van der Waals surface area contributed by atoms with E-state index >= 15 is 0 Å². The fraction of sp³-hybridized carbons (Fsp3) is 0.118. The second kappa shape index (κ2) is 11.5. The van der Waals surface area contributed by atoms with Crippen LogP contribution < -0.4 is 19.6 Å². The van der Waals surface area contributed by atoms with Gasteiger partial charge in [-0.1, -0.05) is 89.7 Å². The number of benzene rings is 4. The third kappa shape index (κ3) is 5.13. The van der Waals surface area contributed by atoms with Crippen LogP contribution in [0.3, 0.4) is 0 Å². The van der Waals surface area contributed by atoms with Gasteiger partial charge in [-0.15, -0.1) is 0 Å². The van der Waals surface area contributed by atoms with E-state index in [4.69, 9.17) is 21.3 Å². The minimum atomic E-state index is -0.240. The van der Waals surface area contributed by atoms with Gasteiger partial charge < -0.3 is 4.74 Å². The molecule has 2 heterocycles. The number of halogens is 3. The van der Waals surface area contributed by atoms with Gasteiger partial charge in [-0.25, -0.2) is 4.99 Å². The molecule has 0 fully saturated rings. The van der Waals surface area contributed by atoms with Gasteiger partial charge in [-0.2, -0.15) is 0 Å². The minimum Gasteiger partial charge on any atom is -0.487 e. The summed E-state index contributed by atoms with van der Waals surface area (Å²) in [4.78, 5) is 19.9. The Kier molecular flexibility index (Phi) is 7.53. The molecule has 0 saturated carbocycles. The largest absolute Gasteiger partial charge is 0.487 e. The van der Waals surface area contributed by atoms with Crippen molar-refractivity contribution in [3.8, 4) is 5.75 Å². The van der Waals surface area contributed by atoms with E-state index in [0.29, 0.717) is 26.7 Å². The van der Waals surface area contributed by atoms with Crippen molar-refractivity contribution < 1.29 is 4.74 Å². The molecule has 0 radical (unpaired) electrons. The third-order valence-corrected chi connectivity index (χ3v) is 10.0. The molecule has 8 heteroatoms. The quantitative estimate of drug-likeness (QED) is 0.185. The average Bonchev–Trinajstić information content (AvgIpc) is 3.30. The monoisotopic (exact) mass is 716 g/mol. The topological polar surface area (TPSA) is 43.6 Å². The molecule has 1 aliphatic heterocycles. The van der Waals surface area contributed by atoms with Crippen LogP contribution in [-0.2, 0) is 13.0 Å². The number of aryl methyl sites for hydroxylation is 1. The van der Waals surface area contributed by atoms with Crippen molar-refractivity contribution in [2.24, 2.45) is 4.99 Å². The third-order valence-electron chi connectivity index (χ3n) is 7.60. The van der Waals surface area contributed by atoms with Gasteiger partial charge >= 0.3 is 0 Å². The lowest BCUT2D eigenvalue weighted by Gasteiger charge is -2.30. The molecular formula is C34H23Br2ClN2O2S. The van der Waals surface area contributed by atoms with Crippen molar-refractivity contribution in [2.75, 3.05) is 0 Å². The molecule has 0 N–H and O–H groups in total. The number of hydrogen-bond donors (Lipinski definition) is 0. The highest BCUT2D eigenvalue weighted by atomic mass is 79.9. The van der Waals surface area contributed by atoms with E-state index in [0.717, 1.165) is 49.7 Å². The van der Waals surface area contributed by atoms with Gasteiger partial charge in [0.1, 0.15) is 12.4 Å². The van der Waals surface area contributed by atoms with Crippen molar-refractivity contribution >= 4 is 66.6 Å². The van der Waals surface area contributed by atoms with Crippen molar-refractivity contribution in [2.45, 2.75) is 25.5 Å². The molecule has 0 saturated heterocycles. The zero-order valence-electron chi connectivity index (χ0n) is 22.2. The normalized spacial score (nSPS) is 16.0. The Morgan fingerprint density at radius 1 is 0.952 bits per heavy atom. The van der Waals surface area contributed by atoms with E-state index < -0.39 is 0 Å². The predicted octanol–water partition coefficient (Wildman–Crippen LogP) is 8.08. The van der Waals surface area contributed by atoms with Crippen LogP contribution in [-0.4, -0.2) is 4.57 Å². The zero-order valence-corrected chi connectivity index (χ0v) is 26.9. The molecular weight excluding hydrogens is 696 g/mol. The second-order valence-corrected chi connectivity index (χ2v) is 13.4. The van der Waals surface area contributed by atoms with Gasteiger partial charge in [0.2, 0.25) is 0 Å². The first-order valence-corrected chi connectivity index (χ1v) is 16.3. The Bertz CT molecular complexity index is 2030. The summed E-state index contributed by atoms with van der Waals surface area (Å²) in [6.07, 6.45) is 3.69. The number of thiazole rings is 1. The maximum Gasteiger partial charge on any atom is 0.271 e. The van der Waals surface area contributed by atoms with Gasteiger partial charge in [-0.05, 0) is 103 Å². The summed E-state index contributed by atoms with van der Waals surface area (Å²) in [5.74, 6) is 0.714. The number of aromatic nitrogens is 1. The average molecular weight is 719 g/mol. The standard InChI is InChI=1S/C34H23Br2ClN2O2S/c35-27-16-21(17-28(36)32(27)41-19-20-6-2-1-3-7-20)18-29-33(40)39-31(23-10-13-24(37)14-11-23)26-15-12-22-8-4-5-9-25(22)30(26)38-34(39)42-29/h1-11,13-14,16-18,31H,12,15,19H2/b29-18+/t31-/m1/s1. The molecule has 208 valence electrons. The van der Waals surface area contributed by atoms with Gasteiger partial charge in [0.25, 0.3) is 5.56 Å². The predicted molar refractivity (Wildman–Crippen MR) is 177 cm³/mol. The SMILES string of the molecule is O=c1/c(=C\c2cc(Br)c(OCc3ccccc3)c(Br)c2)sc2n1[C@H](c1ccc(Cl)cc1)C1=C(N=2)c2ccccc2CC1. The smallest absolute Gasteiger partial charge is 0.271 e. The number of rotatable bonds is 5. The summed E-state index contributed by atoms with van der Waals surface area (Å²) in [5, 5.41) is 0.668. The Hall–Kier alpha value is -3.23. The molecule has 1 aromatic heterocycles. The van der Waals surface area contributed by atoms with E-state index in [1.54, 1.807) is 0 Å². The lowest BCUT2D eigenvalue weighted by atomic mass is 9.83. The van der Waals surface area contributed by atoms with Gasteiger partial charge in [0.15, 0.2) is 4.80 Å². The second-order valence-electron chi connectivity index (χ2n) is 10.3. The summed E-state index contributed by atoms with van der Waals surface area (Å²) >= 11 is 15.0. The van der Waals surface area contributed by atoms with Crippen molar-refractivity contribution in [1.82, 2.24) is 4.57 Å². The van der Waals surface area contributed by atoms with E-state index in [2.05, 4.69) is 56.1 Å². The Balaban J connectivity index is 1.33. The summed E-state index contributed by atoms with van der Waals surface area (Å²) in [5.41, 5.74) is 7.52. The first-order valence-electron chi connectivity index (χ1n) is 13.5. The lowest BCUT2D eigenvalue weighted by molar-refractivity contribution is 0.302. The molecule has 0 spiro atoms. The minimum absolute atomic E-state index is 0.0549. The zero-order chi connectivity index (χ0) is 28.8. The summed E-state index contributed by atoms with van der Waals surface area (Å²) in [6, 6.07) is 30.0. The summed E-state index contributed by atoms with van der Waals surface area (Å²) < 4.78 is 10.2. The molecule has 2 aliphatic rings. The van der Waals surface area contributed by atoms with Crippen LogP contribution in [0, 0.1) is 0 Å². The van der Waals surface area contributed by atoms with E-state index in [1.807, 2.05) is 77.4 Å². The van der Waals surface area contributed by atoms with Gasteiger partial charge in [0.05, 0.1) is 25.2 Å². The van der Waals surface area contributed by atoms with Crippen molar-refractivity contribution in [3.05, 3.63) is 158 Å². The van der Waals surface area contributed by atoms with Crippen LogP contribution in [0.1, 0.15) is 40.3 Å². The maximum atomic E-state index is 14.1. The molecule has 42 heavy (non-hydrogen) atoms. The van der Waals surface area contributed by atoms with E-state index in [9.17, 15) is 4.79 Å². The van der Waals surface area contributed by atoms with Gasteiger partial charge in [-0.3, -0.25) is 9.36 Å². The first-order chi connectivity index (χ1) is 20.5. The van der Waals surface area contributed by atoms with Crippen LogP contribution in [0.15, 0.2) is 115 Å². The molecule has 4 aromatic carbocycles. The van der Waals surface area contributed by atoms with Crippen LogP contribution in [0.4, 0.5) is 0 Å².